The molecule has 0 bridgehead atoms. The number of fused-ring (bicyclic) bond motifs is 1. The Bertz CT molecular complexity index is 471. The van der Waals surface area contributed by atoms with Crippen molar-refractivity contribution in [3.05, 3.63) is 29.2 Å². The van der Waals surface area contributed by atoms with Gasteiger partial charge in [-0.05, 0) is 20.8 Å². The second-order valence-electron chi connectivity index (χ2n) is 3.40. The summed E-state index contributed by atoms with van der Waals surface area (Å²) in [5.41, 5.74) is 3.52. The number of rotatable bonds is 0. The topological polar surface area (TPSA) is 37.5 Å². The van der Waals surface area contributed by atoms with Gasteiger partial charge in [0.2, 0.25) is 0 Å². The van der Waals surface area contributed by atoms with Crippen LogP contribution in [0.2, 0.25) is 0 Å². The lowest BCUT2D eigenvalue weighted by Gasteiger charge is -2.04. The van der Waals surface area contributed by atoms with Gasteiger partial charge >= 0.3 is 0 Å². The fourth-order valence-corrected chi connectivity index (χ4v) is 1.56. The molecule has 0 fully saturated rings. The average Bonchev–Trinajstić information content (AvgIpc) is 2.42. The molecule has 0 aliphatic carbocycles. The molecule has 0 atom stereocenters. The summed E-state index contributed by atoms with van der Waals surface area (Å²) in [7, 11) is 0. The minimum absolute atomic E-state index is 0.345. The van der Waals surface area contributed by atoms with Gasteiger partial charge in [0.05, 0.1) is 5.69 Å². The van der Waals surface area contributed by atoms with E-state index in [1.54, 1.807) is 0 Å². The van der Waals surface area contributed by atoms with Gasteiger partial charge in [-0.15, -0.1) is 0 Å². The van der Waals surface area contributed by atoms with Gasteiger partial charge in [0, 0.05) is 23.5 Å². The smallest absolute Gasteiger partial charge is 0.143 e. The van der Waals surface area contributed by atoms with Crippen LogP contribution in [0.15, 0.2) is 12.4 Å². The molecule has 1 N–H and O–H groups in total. The Morgan fingerprint density at radius 2 is 1.92 bits per heavy atom. The summed E-state index contributed by atoms with van der Waals surface area (Å²) in [6.07, 6.45) is 3.84. The van der Waals surface area contributed by atoms with Crippen LogP contribution in [0.1, 0.15) is 16.8 Å². The summed E-state index contributed by atoms with van der Waals surface area (Å²) in [5, 5.41) is 9.66. The number of pyridine rings is 1. The van der Waals surface area contributed by atoms with E-state index in [1.807, 2.05) is 37.6 Å². The number of nitrogens with zero attached hydrogens (tertiary/aromatic N) is 2. The van der Waals surface area contributed by atoms with E-state index in [0.717, 1.165) is 22.5 Å². The third-order valence-corrected chi connectivity index (χ3v) is 2.25. The Hall–Kier alpha value is -1.51. The van der Waals surface area contributed by atoms with E-state index in [2.05, 4.69) is 4.98 Å². The van der Waals surface area contributed by atoms with Crippen molar-refractivity contribution in [3.8, 4) is 5.75 Å². The van der Waals surface area contributed by atoms with E-state index in [-0.39, 0.29) is 0 Å². The van der Waals surface area contributed by atoms with Gasteiger partial charge in [-0.25, -0.2) is 4.98 Å². The molecule has 0 aliphatic rings. The van der Waals surface area contributed by atoms with Crippen molar-refractivity contribution in [1.29, 1.82) is 0 Å². The number of imidazole rings is 1. The number of aromatic hydroxyl groups is 1. The van der Waals surface area contributed by atoms with Crippen molar-refractivity contribution in [2.75, 3.05) is 0 Å². The lowest BCUT2D eigenvalue weighted by Crippen LogP contribution is -1.90. The molecule has 0 saturated carbocycles. The summed E-state index contributed by atoms with van der Waals surface area (Å²) >= 11 is 0. The van der Waals surface area contributed by atoms with Crippen LogP contribution in [-0.4, -0.2) is 14.5 Å². The zero-order valence-corrected chi connectivity index (χ0v) is 8.00. The Morgan fingerprint density at radius 3 is 2.62 bits per heavy atom. The van der Waals surface area contributed by atoms with Crippen LogP contribution < -0.4 is 0 Å². The Balaban J connectivity index is 2.92. The first kappa shape index (κ1) is 8.10. The van der Waals surface area contributed by atoms with Gasteiger partial charge in [-0.3, -0.25) is 0 Å². The van der Waals surface area contributed by atoms with E-state index in [1.165, 1.54) is 0 Å². The lowest BCUT2D eigenvalue weighted by molar-refractivity contribution is 0.466. The zero-order valence-electron chi connectivity index (χ0n) is 8.00. The van der Waals surface area contributed by atoms with E-state index >= 15 is 0 Å². The molecule has 2 rings (SSSR count). The molecule has 2 aromatic heterocycles. The number of aryl methyl sites for hydroxylation is 3. The summed E-state index contributed by atoms with van der Waals surface area (Å²) in [4.78, 5) is 4.32. The van der Waals surface area contributed by atoms with Gasteiger partial charge in [0.1, 0.15) is 11.4 Å². The number of aromatic nitrogens is 2. The van der Waals surface area contributed by atoms with Crippen LogP contribution in [0.5, 0.6) is 5.75 Å². The molecule has 0 unspecified atom stereocenters. The maximum Gasteiger partial charge on any atom is 0.143 e. The standard InChI is InChI=1S/C10H12N2O/c1-6-4-12-5-7(2)11-10(12)8(3)9(6)13/h4-5,13H,1-3H3. The van der Waals surface area contributed by atoms with E-state index in [4.69, 9.17) is 0 Å². The molecular weight excluding hydrogens is 164 g/mol. The quantitative estimate of drug-likeness (QED) is 0.666. The fourth-order valence-electron chi connectivity index (χ4n) is 1.56. The Morgan fingerprint density at radius 1 is 1.23 bits per heavy atom. The van der Waals surface area contributed by atoms with E-state index in [9.17, 15) is 5.11 Å². The van der Waals surface area contributed by atoms with Gasteiger partial charge in [-0.2, -0.15) is 0 Å². The van der Waals surface area contributed by atoms with Gasteiger partial charge < -0.3 is 9.51 Å². The van der Waals surface area contributed by atoms with Crippen LogP contribution in [0.25, 0.3) is 5.65 Å². The van der Waals surface area contributed by atoms with Crippen LogP contribution in [0, 0.1) is 20.8 Å². The van der Waals surface area contributed by atoms with E-state index in [0.29, 0.717) is 5.75 Å². The molecular formula is C10H12N2O. The normalized spacial score (nSPS) is 11.0. The summed E-state index contributed by atoms with van der Waals surface area (Å²) in [6, 6.07) is 0. The molecule has 0 spiro atoms. The predicted molar refractivity (Wildman–Crippen MR) is 51.1 cm³/mol. The molecule has 0 aliphatic heterocycles. The van der Waals surface area contributed by atoms with Crippen LogP contribution >= 0.6 is 0 Å². The first-order valence-corrected chi connectivity index (χ1v) is 4.24. The molecule has 2 heterocycles. The first-order chi connectivity index (χ1) is 6.09. The predicted octanol–water partition coefficient (Wildman–Crippen LogP) is 1.97. The lowest BCUT2D eigenvalue weighted by atomic mass is 10.2. The molecule has 0 saturated heterocycles. The fraction of sp³-hybridized carbons (Fsp3) is 0.300. The number of hydrogen-bond donors (Lipinski definition) is 1. The molecule has 2 aromatic rings. The van der Waals surface area contributed by atoms with Crippen molar-refractivity contribution in [3.63, 3.8) is 0 Å². The highest BCUT2D eigenvalue weighted by Crippen LogP contribution is 2.24. The van der Waals surface area contributed by atoms with Crippen LogP contribution in [0.4, 0.5) is 0 Å². The second kappa shape index (κ2) is 2.49. The van der Waals surface area contributed by atoms with Crippen LogP contribution in [0.3, 0.4) is 0 Å². The highest BCUT2D eigenvalue weighted by molar-refractivity contribution is 5.57. The van der Waals surface area contributed by atoms with Crippen molar-refractivity contribution in [1.82, 2.24) is 9.38 Å². The minimum Gasteiger partial charge on any atom is -0.507 e. The minimum atomic E-state index is 0.345. The molecule has 0 aromatic carbocycles. The zero-order chi connectivity index (χ0) is 9.59. The molecule has 3 heteroatoms. The Labute approximate surface area is 76.7 Å². The van der Waals surface area contributed by atoms with Gasteiger partial charge in [0.15, 0.2) is 0 Å². The highest BCUT2D eigenvalue weighted by atomic mass is 16.3. The third-order valence-electron chi connectivity index (χ3n) is 2.25. The molecule has 68 valence electrons. The average molecular weight is 176 g/mol. The van der Waals surface area contributed by atoms with Crippen molar-refractivity contribution in [2.45, 2.75) is 20.8 Å². The molecule has 0 amide bonds. The van der Waals surface area contributed by atoms with Crippen molar-refractivity contribution < 1.29 is 5.11 Å². The monoisotopic (exact) mass is 176 g/mol. The van der Waals surface area contributed by atoms with Gasteiger partial charge in [0.25, 0.3) is 0 Å². The third kappa shape index (κ3) is 1.08. The summed E-state index contributed by atoms with van der Waals surface area (Å²) in [5.74, 6) is 0.345. The maximum atomic E-state index is 9.66. The molecule has 3 nitrogen and oxygen atoms in total. The second-order valence-corrected chi connectivity index (χ2v) is 3.40. The summed E-state index contributed by atoms with van der Waals surface area (Å²) < 4.78 is 1.94. The van der Waals surface area contributed by atoms with Crippen LogP contribution in [-0.2, 0) is 0 Å². The van der Waals surface area contributed by atoms with Gasteiger partial charge in [-0.1, -0.05) is 0 Å². The molecule has 0 radical (unpaired) electrons. The van der Waals surface area contributed by atoms with Crippen molar-refractivity contribution in [2.24, 2.45) is 0 Å². The van der Waals surface area contributed by atoms with Crippen molar-refractivity contribution >= 4 is 5.65 Å². The number of hydrogen-bond acceptors (Lipinski definition) is 2. The maximum absolute atomic E-state index is 9.66. The summed E-state index contributed by atoms with van der Waals surface area (Å²) in [6.45, 7) is 5.71. The molecule has 13 heavy (non-hydrogen) atoms. The largest absolute Gasteiger partial charge is 0.507 e. The Kier molecular flexibility index (Phi) is 1.55. The highest BCUT2D eigenvalue weighted by Gasteiger charge is 2.07. The first-order valence-electron chi connectivity index (χ1n) is 4.24. The SMILES string of the molecule is Cc1cn2cc(C)c(O)c(C)c2n1. The van der Waals surface area contributed by atoms with E-state index < -0.39 is 0 Å².